The van der Waals surface area contributed by atoms with Gasteiger partial charge in [0.2, 0.25) is 0 Å². The number of halogens is 2. The van der Waals surface area contributed by atoms with Gasteiger partial charge in [0.25, 0.3) is 0 Å². The molecule has 0 amide bonds. The molecule has 0 aliphatic rings. The van der Waals surface area contributed by atoms with E-state index in [1.807, 2.05) is 24.3 Å². The van der Waals surface area contributed by atoms with Gasteiger partial charge < -0.3 is 20.3 Å². The molecule has 2 aromatic carbocycles. The molecule has 2 unspecified atom stereocenters. The molecule has 0 aliphatic heterocycles. The quantitative estimate of drug-likeness (QED) is 0.286. The van der Waals surface area contributed by atoms with Crippen LogP contribution in [0, 0.1) is 0 Å². The van der Waals surface area contributed by atoms with Crippen molar-refractivity contribution in [2.75, 3.05) is 18.4 Å². The van der Waals surface area contributed by atoms with Crippen LogP contribution in [0.4, 0.5) is 0 Å². The van der Waals surface area contributed by atoms with Crippen LogP contribution >= 0.6 is 27.5 Å². The molecule has 0 aliphatic carbocycles. The lowest BCUT2D eigenvalue weighted by molar-refractivity contribution is -0.145. The van der Waals surface area contributed by atoms with Crippen LogP contribution in [0.1, 0.15) is 36.5 Å². The molecule has 2 rings (SSSR count). The number of alkyl halides is 1. The van der Waals surface area contributed by atoms with Crippen molar-refractivity contribution >= 4 is 33.5 Å². The number of carboxylic acids is 1. The fourth-order valence-corrected chi connectivity index (χ4v) is 3.45. The summed E-state index contributed by atoms with van der Waals surface area (Å²) < 4.78 is 5.62. The van der Waals surface area contributed by atoms with E-state index in [-0.39, 0.29) is 0 Å². The van der Waals surface area contributed by atoms with Crippen molar-refractivity contribution in [1.82, 2.24) is 5.32 Å². The lowest BCUT2D eigenvalue weighted by atomic mass is 10.1. The first-order valence-corrected chi connectivity index (χ1v) is 11.2. The Bertz CT molecular complexity index is 757. The number of aliphatic hydroxyl groups excluding tert-OH is 1. The molecule has 158 valence electrons. The Kier molecular flexibility index (Phi) is 10.5. The molecule has 0 saturated carbocycles. The molecule has 0 spiro atoms. The Labute approximate surface area is 185 Å². The maximum absolute atomic E-state index is 11.3. The number of benzene rings is 2. The van der Waals surface area contributed by atoms with Crippen molar-refractivity contribution in [3.63, 3.8) is 0 Å². The first-order chi connectivity index (χ1) is 14.0. The lowest BCUT2D eigenvalue weighted by Crippen LogP contribution is -2.27. The standard InChI is InChI=1S/C22H27BrClNO4/c23-12-2-1-6-21(22(27)28)29-19-9-7-16(8-10-19)11-13-25-15-20(26)17-4-3-5-18(24)14-17/h3-5,7-10,14,20-21,25-26H,1-2,6,11-13,15H2,(H,27,28). The first-order valence-electron chi connectivity index (χ1n) is 9.68. The Morgan fingerprint density at radius 2 is 1.93 bits per heavy atom. The van der Waals surface area contributed by atoms with Crippen LogP contribution in [-0.4, -0.2) is 40.7 Å². The van der Waals surface area contributed by atoms with E-state index in [0.717, 1.165) is 35.7 Å². The van der Waals surface area contributed by atoms with Gasteiger partial charge in [-0.2, -0.15) is 0 Å². The zero-order chi connectivity index (χ0) is 21.1. The third kappa shape index (κ3) is 8.74. The molecule has 3 N–H and O–H groups in total. The van der Waals surface area contributed by atoms with Crippen molar-refractivity contribution in [3.8, 4) is 5.75 Å². The maximum atomic E-state index is 11.3. The summed E-state index contributed by atoms with van der Waals surface area (Å²) >= 11 is 9.29. The molecule has 2 aromatic rings. The average molecular weight is 485 g/mol. The van der Waals surface area contributed by atoms with Gasteiger partial charge in [0, 0.05) is 16.9 Å². The molecule has 0 radical (unpaired) electrons. The molecule has 5 nitrogen and oxygen atoms in total. The van der Waals surface area contributed by atoms with E-state index in [4.69, 9.17) is 16.3 Å². The highest BCUT2D eigenvalue weighted by atomic mass is 79.9. The van der Waals surface area contributed by atoms with Crippen molar-refractivity contribution < 1.29 is 19.7 Å². The van der Waals surface area contributed by atoms with Crippen LogP contribution in [0.2, 0.25) is 5.02 Å². The number of carbonyl (C=O) groups is 1. The van der Waals surface area contributed by atoms with Crippen molar-refractivity contribution in [2.45, 2.75) is 37.9 Å². The van der Waals surface area contributed by atoms with Crippen molar-refractivity contribution in [2.24, 2.45) is 0 Å². The van der Waals surface area contributed by atoms with E-state index < -0.39 is 18.2 Å². The van der Waals surface area contributed by atoms with Crippen LogP contribution < -0.4 is 10.1 Å². The number of rotatable bonds is 13. The van der Waals surface area contributed by atoms with E-state index in [0.29, 0.717) is 30.3 Å². The number of nitrogens with one attached hydrogen (secondary N) is 1. The summed E-state index contributed by atoms with van der Waals surface area (Å²) in [5.74, 6) is -0.379. The Balaban J connectivity index is 1.74. The number of aliphatic hydroxyl groups is 1. The summed E-state index contributed by atoms with van der Waals surface area (Å²) in [5, 5.41) is 24.2. The highest BCUT2D eigenvalue weighted by molar-refractivity contribution is 9.09. The third-order valence-electron chi connectivity index (χ3n) is 4.49. The summed E-state index contributed by atoms with van der Waals surface area (Å²) in [6.45, 7) is 1.15. The van der Waals surface area contributed by atoms with E-state index in [2.05, 4.69) is 21.2 Å². The molecule has 0 heterocycles. The van der Waals surface area contributed by atoms with Gasteiger partial charge in [-0.3, -0.25) is 0 Å². The van der Waals surface area contributed by atoms with Gasteiger partial charge in [-0.05, 0) is 67.6 Å². The van der Waals surface area contributed by atoms with E-state index in [1.54, 1.807) is 24.3 Å². The largest absolute Gasteiger partial charge is 0.479 e. The molecule has 0 bridgehead atoms. The van der Waals surface area contributed by atoms with Crippen LogP contribution in [0.5, 0.6) is 5.75 Å². The SMILES string of the molecule is O=C(O)C(CCCCBr)Oc1ccc(CCNCC(O)c2cccc(Cl)c2)cc1. The summed E-state index contributed by atoms with van der Waals surface area (Å²) in [6, 6.07) is 14.7. The van der Waals surface area contributed by atoms with Crippen LogP contribution in [-0.2, 0) is 11.2 Å². The van der Waals surface area contributed by atoms with Crippen LogP contribution in [0.25, 0.3) is 0 Å². The second kappa shape index (κ2) is 12.9. The normalized spacial score (nSPS) is 13.1. The number of ether oxygens (including phenoxy) is 1. The molecule has 0 fully saturated rings. The van der Waals surface area contributed by atoms with Crippen LogP contribution in [0.15, 0.2) is 48.5 Å². The van der Waals surface area contributed by atoms with Gasteiger partial charge in [-0.1, -0.05) is 51.8 Å². The van der Waals surface area contributed by atoms with E-state index >= 15 is 0 Å². The fraction of sp³-hybridized carbons (Fsp3) is 0.409. The number of hydrogen-bond donors (Lipinski definition) is 3. The fourth-order valence-electron chi connectivity index (χ4n) is 2.86. The van der Waals surface area contributed by atoms with Gasteiger partial charge in [0.1, 0.15) is 5.75 Å². The van der Waals surface area contributed by atoms with Gasteiger partial charge in [-0.25, -0.2) is 4.79 Å². The molecule has 29 heavy (non-hydrogen) atoms. The zero-order valence-electron chi connectivity index (χ0n) is 16.2. The predicted molar refractivity (Wildman–Crippen MR) is 119 cm³/mol. The van der Waals surface area contributed by atoms with Gasteiger partial charge in [0.05, 0.1) is 6.10 Å². The second-order valence-corrected chi connectivity index (χ2v) is 8.03. The van der Waals surface area contributed by atoms with Gasteiger partial charge in [-0.15, -0.1) is 0 Å². The number of carboxylic acid groups (broad SMARTS) is 1. The van der Waals surface area contributed by atoms with Crippen molar-refractivity contribution in [1.29, 1.82) is 0 Å². The number of aliphatic carboxylic acids is 1. The minimum absolute atomic E-state index is 0.441. The first kappa shape index (κ1) is 23.7. The molecule has 0 saturated heterocycles. The maximum Gasteiger partial charge on any atom is 0.344 e. The van der Waals surface area contributed by atoms with Gasteiger partial charge in [0.15, 0.2) is 6.10 Å². The minimum Gasteiger partial charge on any atom is -0.479 e. The highest BCUT2D eigenvalue weighted by Gasteiger charge is 2.18. The Hall–Kier alpha value is -1.60. The second-order valence-electron chi connectivity index (χ2n) is 6.80. The molecular weight excluding hydrogens is 458 g/mol. The molecule has 0 aromatic heterocycles. The topological polar surface area (TPSA) is 78.8 Å². The summed E-state index contributed by atoms with van der Waals surface area (Å²) in [5.41, 5.74) is 1.89. The zero-order valence-corrected chi connectivity index (χ0v) is 18.5. The monoisotopic (exact) mass is 483 g/mol. The van der Waals surface area contributed by atoms with Gasteiger partial charge >= 0.3 is 5.97 Å². The molecular formula is C22H27BrClNO4. The number of unbranched alkanes of at least 4 members (excludes halogenated alkanes) is 1. The van der Waals surface area contributed by atoms with Crippen LogP contribution in [0.3, 0.4) is 0 Å². The molecule has 2 atom stereocenters. The summed E-state index contributed by atoms with van der Waals surface area (Å²) in [4.78, 5) is 11.3. The summed E-state index contributed by atoms with van der Waals surface area (Å²) in [6.07, 6.45) is 1.56. The highest BCUT2D eigenvalue weighted by Crippen LogP contribution is 2.18. The van der Waals surface area contributed by atoms with E-state index in [1.165, 1.54) is 0 Å². The number of hydrogen-bond acceptors (Lipinski definition) is 4. The minimum atomic E-state index is -0.939. The third-order valence-corrected chi connectivity index (χ3v) is 5.28. The lowest BCUT2D eigenvalue weighted by Gasteiger charge is -2.15. The Morgan fingerprint density at radius 1 is 1.17 bits per heavy atom. The summed E-state index contributed by atoms with van der Waals surface area (Å²) in [7, 11) is 0. The molecule has 7 heteroatoms. The average Bonchev–Trinajstić information content (AvgIpc) is 2.71. The van der Waals surface area contributed by atoms with E-state index in [9.17, 15) is 15.0 Å². The smallest absolute Gasteiger partial charge is 0.344 e. The van der Waals surface area contributed by atoms with Crippen molar-refractivity contribution in [3.05, 3.63) is 64.7 Å². The predicted octanol–water partition coefficient (Wildman–Crippen LogP) is 4.60. The Morgan fingerprint density at radius 3 is 2.59 bits per heavy atom.